The lowest BCUT2D eigenvalue weighted by Crippen LogP contribution is -2.43. The molecule has 1 N–H and O–H groups in total. The molecule has 20 heavy (non-hydrogen) atoms. The van der Waals surface area contributed by atoms with E-state index in [9.17, 15) is 14.7 Å². The summed E-state index contributed by atoms with van der Waals surface area (Å²) in [6, 6.07) is 6.92. The van der Waals surface area contributed by atoms with Crippen molar-refractivity contribution in [2.45, 2.75) is 18.9 Å². The minimum absolute atomic E-state index is 0.0815. The lowest BCUT2D eigenvalue weighted by Gasteiger charge is -2.24. The summed E-state index contributed by atoms with van der Waals surface area (Å²) in [4.78, 5) is 24.9. The van der Waals surface area contributed by atoms with Crippen LogP contribution in [0, 0.1) is 9.49 Å². The predicted molar refractivity (Wildman–Crippen MR) is 88.0 cm³/mol. The summed E-state index contributed by atoms with van der Waals surface area (Å²) < 4.78 is 1.10. The van der Waals surface area contributed by atoms with Gasteiger partial charge in [-0.2, -0.15) is 12.6 Å². The zero-order valence-corrected chi connectivity index (χ0v) is 13.9. The van der Waals surface area contributed by atoms with Crippen molar-refractivity contribution in [1.29, 1.82) is 0 Å². The van der Waals surface area contributed by atoms with E-state index in [1.54, 1.807) is 0 Å². The molecule has 1 aliphatic heterocycles. The topological polar surface area (TPSA) is 57.6 Å². The fourth-order valence-electron chi connectivity index (χ4n) is 2.41. The number of carbonyl (C=O) groups excluding carboxylic acids is 1. The summed E-state index contributed by atoms with van der Waals surface area (Å²) in [6.07, 6.45) is 0.747. The second-order valence-corrected chi connectivity index (χ2v) is 6.59. The van der Waals surface area contributed by atoms with E-state index in [-0.39, 0.29) is 11.8 Å². The van der Waals surface area contributed by atoms with Crippen LogP contribution in [0.1, 0.15) is 12.0 Å². The van der Waals surface area contributed by atoms with Gasteiger partial charge in [0.2, 0.25) is 5.91 Å². The molecular weight excluding hydrogens is 389 g/mol. The highest BCUT2D eigenvalue weighted by Gasteiger charge is 2.37. The van der Waals surface area contributed by atoms with Crippen LogP contribution in [0.4, 0.5) is 0 Å². The molecule has 0 saturated carbocycles. The minimum Gasteiger partial charge on any atom is -0.480 e. The number of hydrogen-bond donors (Lipinski definition) is 2. The summed E-state index contributed by atoms with van der Waals surface area (Å²) in [7, 11) is 0. The first-order valence-electron chi connectivity index (χ1n) is 6.39. The Morgan fingerprint density at radius 1 is 1.45 bits per heavy atom. The zero-order chi connectivity index (χ0) is 14.7. The number of amides is 1. The Bertz CT molecular complexity index is 506. The molecule has 2 atom stereocenters. The molecule has 1 aromatic carbocycles. The van der Waals surface area contributed by atoms with Crippen molar-refractivity contribution in [2.24, 2.45) is 5.92 Å². The Balaban J connectivity index is 2.13. The number of nitrogens with zero attached hydrogens (tertiary/aromatic N) is 1. The number of hydrogen-bond acceptors (Lipinski definition) is 3. The Kier molecular flexibility index (Phi) is 5.31. The zero-order valence-electron chi connectivity index (χ0n) is 10.8. The van der Waals surface area contributed by atoms with Crippen LogP contribution < -0.4 is 0 Å². The summed E-state index contributed by atoms with van der Waals surface area (Å²) in [5.74, 6) is -0.263. The second-order valence-electron chi connectivity index (χ2n) is 4.98. The Labute approximate surface area is 137 Å². The third kappa shape index (κ3) is 3.66. The summed E-state index contributed by atoms with van der Waals surface area (Å²) in [6.45, 7) is 0.490. The van der Waals surface area contributed by atoms with E-state index in [4.69, 9.17) is 0 Å². The van der Waals surface area contributed by atoms with Gasteiger partial charge in [-0.3, -0.25) is 4.79 Å². The monoisotopic (exact) mass is 405 g/mol. The van der Waals surface area contributed by atoms with Crippen molar-refractivity contribution in [3.63, 3.8) is 0 Å². The molecule has 0 aliphatic carbocycles. The second kappa shape index (κ2) is 6.80. The minimum atomic E-state index is -0.947. The van der Waals surface area contributed by atoms with Gasteiger partial charge in [-0.25, -0.2) is 4.79 Å². The molecule has 1 unspecified atom stereocenters. The average molecular weight is 405 g/mol. The van der Waals surface area contributed by atoms with Gasteiger partial charge in [0, 0.05) is 23.0 Å². The van der Waals surface area contributed by atoms with Gasteiger partial charge in [0.25, 0.3) is 0 Å². The van der Waals surface area contributed by atoms with Crippen LogP contribution in [0.3, 0.4) is 0 Å². The fraction of sp³-hybridized carbons (Fsp3) is 0.429. The van der Waals surface area contributed by atoms with E-state index < -0.39 is 12.0 Å². The average Bonchev–Trinajstić information content (AvgIpc) is 2.79. The Morgan fingerprint density at radius 2 is 2.10 bits per heavy atom. The largest absolute Gasteiger partial charge is 0.480 e. The predicted octanol–water partition coefficient (Wildman–Crippen LogP) is 2.07. The quantitative estimate of drug-likeness (QED) is 0.583. The maximum absolute atomic E-state index is 12.0. The number of carbonyl (C=O) groups is 2. The molecular formula is C14H16INO3S. The van der Waals surface area contributed by atoms with Crippen LogP contribution in [0.15, 0.2) is 24.3 Å². The lowest BCUT2D eigenvalue weighted by molar-refractivity contribution is -0.148. The molecule has 1 amide bonds. The van der Waals surface area contributed by atoms with Crippen molar-refractivity contribution in [2.75, 3.05) is 12.3 Å². The van der Waals surface area contributed by atoms with E-state index >= 15 is 0 Å². The molecule has 4 nitrogen and oxygen atoms in total. The number of carboxylic acids is 1. The summed E-state index contributed by atoms with van der Waals surface area (Å²) in [5, 5.41) is 9.41. The van der Waals surface area contributed by atoms with Crippen molar-refractivity contribution in [1.82, 2.24) is 4.90 Å². The van der Waals surface area contributed by atoms with E-state index in [2.05, 4.69) is 35.2 Å². The lowest BCUT2D eigenvalue weighted by atomic mass is 10.0. The number of rotatable bonds is 5. The van der Waals surface area contributed by atoms with Crippen LogP contribution in [0.5, 0.6) is 0 Å². The Morgan fingerprint density at radius 3 is 2.60 bits per heavy atom. The first-order chi connectivity index (χ1) is 9.51. The van der Waals surface area contributed by atoms with Gasteiger partial charge in [-0.05, 0) is 52.0 Å². The van der Waals surface area contributed by atoms with Crippen molar-refractivity contribution < 1.29 is 14.7 Å². The molecule has 1 aromatic rings. The number of halogens is 1. The molecule has 0 radical (unpaired) electrons. The van der Waals surface area contributed by atoms with Crippen LogP contribution in [0.2, 0.25) is 0 Å². The molecule has 0 spiro atoms. The first kappa shape index (κ1) is 15.6. The molecule has 1 heterocycles. The highest BCUT2D eigenvalue weighted by Crippen LogP contribution is 2.23. The van der Waals surface area contributed by atoms with Crippen molar-refractivity contribution in [3.8, 4) is 0 Å². The van der Waals surface area contributed by atoms with Crippen LogP contribution >= 0.6 is 35.2 Å². The molecule has 1 aliphatic rings. The third-order valence-corrected chi connectivity index (χ3v) is 4.74. The van der Waals surface area contributed by atoms with Crippen LogP contribution in [-0.4, -0.2) is 40.2 Å². The standard InChI is InChI=1S/C14H16INO3S/c15-11-3-1-9(2-4-11)5-12(14(18)19)16-7-10(8-20)6-13(16)17/h1-4,10,12,20H,5-8H2,(H,18,19)/t10?,12-/m0/s1. The number of carboxylic acid groups (broad SMARTS) is 1. The fourth-order valence-corrected chi connectivity index (χ4v) is 3.01. The van der Waals surface area contributed by atoms with Gasteiger partial charge in [0.05, 0.1) is 0 Å². The summed E-state index contributed by atoms with van der Waals surface area (Å²) >= 11 is 6.40. The first-order valence-corrected chi connectivity index (χ1v) is 8.10. The maximum Gasteiger partial charge on any atom is 0.326 e. The van der Waals surface area contributed by atoms with Gasteiger partial charge in [-0.1, -0.05) is 12.1 Å². The molecule has 0 bridgehead atoms. The molecule has 1 fully saturated rings. The van der Waals surface area contributed by atoms with Gasteiger partial charge >= 0.3 is 5.97 Å². The third-order valence-electron chi connectivity index (χ3n) is 3.50. The number of thiol groups is 1. The van der Waals surface area contributed by atoms with Crippen LogP contribution in [-0.2, 0) is 16.0 Å². The summed E-state index contributed by atoms with van der Waals surface area (Å²) in [5.41, 5.74) is 0.930. The van der Waals surface area contributed by atoms with Crippen molar-refractivity contribution >= 4 is 47.1 Å². The number of aliphatic carboxylic acids is 1. The van der Waals surface area contributed by atoms with Crippen LogP contribution in [0.25, 0.3) is 0 Å². The molecule has 2 rings (SSSR count). The Hall–Kier alpha value is -0.760. The van der Waals surface area contributed by atoms with E-state index in [1.165, 1.54) is 4.90 Å². The van der Waals surface area contributed by atoms with Gasteiger partial charge in [0.1, 0.15) is 6.04 Å². The van der Waals surface area contributed by atoms with E-state index in [1.807, 2.05) is 24.3 Å². The van der Waals surface area contributed by atoms with Gasteiger partial charge < -0.3 is 10.0 Å². The molecule has 1 saturated heterocycles. The normalized spacial score (nSPS) is 20.2. The van der Waals surface area contributed by atoms with Gasteiger partial charge in [0.15, 0.2) is 0 Å². The SMILES string of the molecule is O=C(O)[C@H](Cc1ccc(I)cc1)N1CC(CS)CC1=O. The number of benzene rings is 1. The number of likely N-dealkylation sites (tertiary alicyclic amines) is 1. The van der Waals surface area contributed by atoms with E-state index in [0.717, 1.165) is 9.13 Å². The van der Waals surface area contributed by atoms with Gasteiger partial charge in [-0.15, -0.1) is 0 Å². The molecule has 6 heteroatoms. The highest BCUT2D eigenvalue weighted by molar-refractivity contribution is 14.1. The molecule has 108 valence electrons. The smallest absolute Gasteiger partial charge is 0.326 e. The van der Waals surface area contributed by atoms with Crippen molar-refractivity contribution in [3.05, 3.63) is 33.4 Å². The maximum atomic E-state index is 12.0. The molecule has 0 aromatic heterocycles. The van der Waals surface area contributed by atoms with E-state index in [0.29, 0.717) is 25.1 Å². The highest BCUT2D eigenvalue weighted by atomic mass is 127.